The molecule has 0 aromatic heterocycles. The second-order valence-corrected chi connectivity index (χ2v) is 10.1. The molecule has 0 spiro atoms. The van der Waals surface area contributed by atoms with E-state index in [0.29, 0.717) is 5.75 Å². The number of nitrogens with one attached hydrogen (secondary N) is 3. The molecule has 7 N–H and O–H groups in total. The number of carbonyl (C=O) groups excluding carboxylic acids is 5. The van der Waals surface area contributed by atoms with E-state index in [1.54, 1.807) is 13.8 Å². The van der Waals surface area contributed by atoms with E-state index in [2.05, 4.69) is 16.0 Å². The van der Waals surface area contributed by atoms with E-state index in [9.17, 15) is 24.0 Å². The van der Waals surface area contributed by atoms with Crippen LogP contribution in [0.4, 0.5) is 5.69 Å². The quantitative estimate of drug-likeness (QED) is 0.117. The molecule has 3 unspecified atom stereocenters. The van der Waals surface area contributed by atoms with Crippen LogP contribution < -0.4 is 21.7 Å². The molecule has 0 bridgehead atoms. The molecule has 40 heavy (non-hydrogen) atoms. The Hall–Kier alpha value is -3.25. The normalized spacial score (nSPS) is 15.3. The summed E-state index contributed by atoms with van der Waals surface area (Å²) >= 11 is 1.33. The van der Waals surface area contributed by atoms with Crippen molar-refractivity contribution in [2.45, 2.75) is 44.7 Å². The van der Waals surface area contributed by atoms with Gasteiger partial charge >= 0.3 is 22.3 Å². The van der Waals surface area contributed by atoms with Crippen LogP contribution in [0.5, 0.6) is 0 Å². The molecule has 0 saturated heterocycles. The van der Waals surface area contributed by atoms with Gasteiger partial charge in [-0.25, -0.2) is 0 Å². The molecular weight excluding hydrogens is 572 g/mol. The van der Waals surface area contributed by atoms with Crippen LogP contribution in [0.25, 0.3) is 0 Å². The lowest BCUT2D eigenvalue weighted by atomic mass is 10.0. The number of nitrogens with two attached hydrogens (primary N) is 1. The Kier molecular flexibility index (Phi) is 15.2. The number of para-hydroxylation sites is 1. The van der Waals surface area contributed by atoms with E-state index in [4.69, 9.17) is 32.7 Å². The van der Waals surface area contributed by atoms with Gasteiger partial charge in [-0.05, 0) is 31.9 Å². The van der Waals surface area contributed by atoms with Gasteiger partial charge in [-0.2, -0.15) is 20.2 Å². The SMILES string of the molecule is CCOC(=O)CNC(=O)C(CSCC1C(=O)Nc2ccccc21)NC(=O)CCC(N)C(=O)OCC.O=S(=O)(O)O. The Morgan fingerprint density at radius 1 is 1.12 bits per heavy atom. The van der Waals surface area contributed by atoms with Gasteiger partial charge in [-0.15, -0.1) is 0 Å². The van der Waals surface area contributed by atoms with Crippen molar-refractivity contribution in [2.24, 2.45) is 5.73 Å². The van der Waals surface area contributed by atoms with E-state index < -0.39 is 46.2 Å². The molecule has 17 heteroatoms. The second-order valence-electron chi connectivity index (χ2n) is 8.15. The number of hydrogen-bond donors (Lipinski definition) is 6. The number of thioether (sulfide) groups is 1. The third-order valence-electron chi connectivity index (χ3n) is 5.12. The molecule has 2 rings (SSSR count). The minimum atomic E-state index is -4.67. The first kappa shape index (κ1) is 34.8. The third kappa shape index (κ3) is 13.7. The predicted octanol–water partition coefficient (Wildman–Crippen LogP) is -0.363. The van der Waals surface area contributed by atoms with Gasteiger partial charge in [-0.1, -0.05) is 18.2 Å². The molecule has 0 saturated carbocycles. The Morgan fingerprint density at radius 2 is 1.75 bits per heavy atom. The van der Waals surface area contributed by atoms with Crippen LogP contribution in [0.1, 0.15) is 38.2 Å². The maximum atomic E-state index is 12.7. The van der Waals surface area contributed by atoms with Crippen LogP contribution in [0, 0.1) is 0 Å². The van der Waals surface area contributed by atoms with Gasteiger partial charge in [0.2, 0.25) is 17.7 Å². The maximum absolute atomic E-state index is 12.7. The molecule has 1 aliphatic heterocycles. The average molecular weight is 607 g/mol. The fourth-order valence-electron chi connectivity index (χ4n) is 3.34. The number of benzene rings is 1. The van der Waals surface area contributed by atoms with Crippen molar-refractivity contribution < 1.29 is 51.0 Å². The molecular formula is C23H34N4O11S2. The lowest BCUT2D eigenvalue weighted by Crippen LogP contribution is -2.49. The Labute approximate surface area is 235 Å². The number of carbonyl (C=O) groups is 5. The van der Waals surface area contributed by atoms with Gasteiger partial charge < -0.3 is 31.2 Å². The molecule has 0 fully saturated rings. The van der Waals surface area contributed by atoms with Gasteiger partial charge in [0.25, 0.3) is 0 Å². The van der Waals surface area contributed by atoms with Gasteiger partial charge in [0, 0.05) is 23.6 Å². The van der Waals surface area contributed by atoms with Gasteiger partial charge in [0.05, 0.1) is 19.1 Å². The average Bonchev–Trinajstić information content (AvgIpc) is 3.19. The number of hydrogen-bond acceptors (Lipinski definition) is 11. The lowest BCUT2D eigenvalue weighted by Gasteiger charge is -2.19. The summed E-state index contributed by atoms with van der Waals surface area (Å²) in [5.74, 6) is -2.19. The summed E-state index contributed by atoms with van der Waals surface area (Å²) in [6.07, 6.45) is -0.0429. The summed E-state index contributed by atoms with van der Waals surface area (Å²) < 4.78 is 41.2. The highest BCUT2D eigenvalue weighted by molar-refractivity contribution is 7.99. The summed E-state index contributed by atoms with van der Waals surface area (Å²) in [7, 11) is -4.67. The number of amides is 3. The van der Waals surface area contributed by atoms with Crippen molar-refractivity contribution in [2.75, 3.05) is 36.6 Å². The highest BCUT2D eigenvalue weighted by Crippen LogP contribution is 2.34. The first-order chi connectivity index (χ1) is 18.8. The fourth-order valence-corrected chi connectivity index (χ4v) is 4.52. The van der Waals surface area contributed by atoms with Gasteiger partial charge in [-0.3, -0.25) is 33.1 Å². The molecule has 1 aliphatic rings. The molecule has 1 aromatic carbocycles. The first-order valence-corrected chi connectivity index (χ1v) is 14.6. The molecule has 15 nitrogen and oxygen atoms in total. The predicted molar refractivity (Wildman–Crippen MR) is 145 cm³/mol. The molecule has 1 aromatic rings. The molecule has 0 radical (unpaired) electrons. The highest BCUT2D eigenvalue weighted by atomic mass is 32.3. The van der Waals surface area contributed by atoms with E-state index in [0.717, 1.165) is 11.3 Å². The number of fused-ring (bicyclic) bond motifs is 1. The van der Waals surface area contributed by atoms with Crippen LogP contribution in [-0.2, 0) is 43.8 Å². The smallest absolute Gasteiger partial charge is 0.394 e. The lowest BCUT2D eigenvalue weighted by molar-refractivity contribution is -0.145. The van der Waals surface area contributed by atoms with Crippen molar-refractivity contribution in [3.05, 3.63) is 29.8 Å². The third-order valence-corrected chi connectivity index (χ3v) is 6.25. The number of esters is 2. The Bertz CT molecular complexity index is 1140. The van der Waals surface area contributed by atoms with E-state index in [1.165, 1.54) is 11.8 Å². The first-order valence-electron chi connectivity index (χ1n) is 12.1. The number of rotatable bonds is 14. The zero-order chi connectivity index (χ0) is 30.3. The maximum Gasteiger partial charge on any atom is 0.394 e. The topological polar surface area (TPSA) is 241 Å². The standard InChI is InChI=1S/C23H32N4O7S.H2O4S/c1-3-33-20(29)11-25-22(31)18(26-19(28)10-9-16(24)23(32)34-4-2)13-35-12-15-14-7-5-6-8-17(14)27-21(15)30;1-5(2,3)4/h5-8,15-16,18H,3-4,9-13,24H2,1-2H3,(H,25,31)(H,26,28)(H,27,30);(H2,1,2,3,4). The minimum absolute atomic E-state index is 0.0496. The van der Waals surface area contributed by atoms with Crippen LogP contribution in [0.15, 0.2) is 24.3 Å². The van der Waals surface area contributed by atoms with Crippen LogP contribution in [0.3, 0.4) is 0 Å². The van der Waals surface area contributed by atoms with Crippen LogP contribution >= 0.6 is 11.8 Å². The van der Waals surface area contributed by atoms with E-state index in [1.807, 2.05) is 24.3 Å². The largest absolute Gasteiger partial charge is 0.465 e. The summed E-state index contributed by atoms with van der Waals surface area (Å²) in [6.45, 7) is 3.33. The van der Waals surface area contributed by atoms with E-state index in [-0.39, 0.29) is 50.2 Å². The molecule has 3 atom stereocenters. The zero-order valence-electron chi connectivity index (χ0n) is 22.0. The number of ether oxygens (including phenoxy) is 2. The van der Waals surface area contributed by atoms with Crippen LogP contribution in [0.2, 0.25) is 0 Å². The molecule has 224 valence electrons. The molecule has 1 heterocycles. The summed E-state index contributed by atoms with van der Waals surface area (Å²) in [5.41, 5.74) is 7.37. The van der Waals surface area contributed by atoms with Crippen molar-refractivity contribution in [3.63, 3.8) is 0 Å². The summed E-state index contributed by atoms with van der Waals surface area (Å²) in [6, 6.07) is 5.46. The molecule has 3 amide bonds. The van der Waals surface area contributed by atoms with E-state index >= 15 is 0 Å². The van der Waals surface area contributed by atoms with Crippen molar-refractivity contribution >= 4 is 57.5 Å². The fraction of sp³-hybridized carbons (Fsp3) is 0.522. The zero-order valence-corrected chi connectivity index (χ0v) is 23.6. The minimum Gasteiger partial charge on any atom is -0.465 e. The Morgan fingerprint density at radius 3 is 2.38 bits per heavy atom. The highest BCUT2D eigenvalue weighted by Gasteiger charge is 2.31. The monoisotopic (exact) mass is 606 g/mol. The van der Waals surface area contributed by atoms with Gasteiger partial charge in [0.15, 0.2) is 0 Å². The van der Waals surface area contributed by atoms with Crippen molar-refractivity contribution in [3.8, 4) is 0 Å². The Balaban J connectivity index is 0.00000146. The second kappa shape index (κ2) is 17.4. The number of anilines is 1. The summed E-state index contributed by atoms with van der Waals surface area (Å²) in [5, 5.41) is 7.91. The van der Waals surface area contributed by atoms with Crippen molar-refractivity contribution in [1.29, 1.82) is 0 Å². The molecule has 0 aliphatic carbocycles. The van der Waals surface area contributed by atoms with Crippen LogP contribution in [-0.4, -0.2) is 90.5 Å². The van der Waals surface area contributed by atoms with Crippen molar-refractivity contribution in [1.82, 2.24) is 10.6 Å². The van der Waals surface area contributed by atoms with Gasteiger partial charge in [0.1, 0.15) is 18.6 Å². The summed E-state index contributed by atoms with van der Waals surface area (Å²) in [4.78, 5) is 60.7.